The third-order valence-electron chi connectivity index (χ3n) is 8.20. The van der Waals surface area contributed by atoms with Gasteiger partial charge >= 0.3 is 0 Å². The van der Waals surface area contributed by atoms with E-state index in [2.05, 4.69) is 13.8 Å². The SMILES string of the molecule is C[C@@]12CC[C@@H]3[C@H](CC[C@H]4CC(O)CC[C@]43C)[C@H]1CC(=O)C2. The number of carbonyl (C=O) groups excluding carboxylic acids is 1. The van der Waals surface area contributed by atoms with Gasteiger partial charge in [-0.25, -0.2) is 0 Å². The molecule has 0 spiro atoms. The quantitative estimate of drug-likeness (QED) is 0.733. The topological polar surface area (TPSA) is 37.3 Å². The Hall–Kier alpha value is -0.370. The molecule has 0 aromatic rings. The van der Waals surface area contributed by atoms with Gasteiger partial charge in [0.25, 0.3) is 0 Å². The van der Waals surface area contributed by atoms with E-state index in [0.29, 0.717) is 22.5 Å². The van der Waals surface area contributed by atoms with Crippen molar-refractivity contribution in [3.8, 4) is 0 Å². The zero-order valence-electron chi connectivity index (χ0n) is 13.6. The highest BCUT2D eigenvalue weighted by Gasteiger charge is 2.59. The lowest BCUT2D eigenvalue weighted by molar-refractivity contribution is -0.121. The van der Waals surface area contributed by atoms with Crippen LogP contribution < -0.4 is 0 Å². The van der Waals surface area contributed by atoms with Crippen LogP contribution in [0.4, 0.5) is 0 Å². The van der Waals surface area contributed by atoms with E-state index in [9.17, 15) is 9.90 Å². The van der Waals surface area contributed by atoms with E-state index in [1.165, 1.54) is 32.1 Å². The Morgan fingerprint density at radius 2 is 1.86 bits per heavy atom. The van der Waals surface area contributed by atoms with Crippen LogP contribution in [0, 0.1) is 34.5 Å². The van der Waals surface area contributed by atoms with Gasteiger partial charge in [-0.15, -0.1) is 0 Å². The summed E-state index contributed by atoms with van der Waals surface area (Å²) in [7, 11) is 0. The van der Waals surface area contributed by atoms with Crippen LogP contribution >= 0.6 is 0 Å². The lowest BCUT2D eigenvalue weighted by atomic mass is 9.45. The summed E-state index contributed by atoms with van der Waals surface area (Å²) in [4.78, 5) is 12.1. The number of aliphatic hydroxyl groups excluding tert-OH is 1. The van der Waals surface area contributed by atoms with Crippen LogP contribution in [0.3, 0.4) is 0 Å². The molecule has 0 saturated heterocycles. The van der Waals surface area contributed by atoms with Gasteiger partial charge in [0.15, 0.2) is 0 Å². The fourth-order valence-corrected chi connectivity index (χ4v) is 7.01. The van der Waals surface area contributed by atoms with E-state index in [4.69, 9.17) is 0 Å². The summed E-state index contributed by atoms with van der Waals surface area (Å²) < 4.78 is 0. The molecule has 21 heavy (non-hydrogen) atoms. The molecule has 0 heterocycles. The van der Waals surface area contributed by atoms with Crippen molar-refractivity contribution in [1.82, 2.24) is 0 Å². The summed E-state index contributed by atoms with van der Waals surface area (Å²) in [6.07, 6.45) is 10.1. The van der Waals surface area contributed by atoms with E-state index in [0.717, 1.165) is 43.4 Å². The largest absolute Gasteiger partial charge is 0.393 e. The fraction of sp³-hybridized carbons (Fsp3) is 0.947. The zero-order valence-corrected chi connectivity index (χ0v) is 13.6. The Balaban J connectivity index is 1.63. The van der Waals surface area contributed by atoms with Crippen molar-refractivity contribution >= 4 is 5.78 Å². The van der Waals surface area contributed by atoms with Crippen molar-refractivity contribution in [2.24, 2.45) is 34.5 Å². The van der Waals surface area contributed by atoms with E-state index in [1.807, 2.05) is 0 Å². The van der Waals surface area contributed by atoms with Gasteiger partial charge in [0.2, 0.25) is 0 Å². The Morgan fingerprint density at radius 1 is 1.05 bits per heavy atom. The first-order chi connectivity index (χ1) is 9.92. The number of ketones is 1. The molecule has 2 nitrogen and oxygen atoms in total. The summed E-state index contributed by atoms with van der Waals surface area (Å²) in [5.41, 5.74) is 0.755. The lowest BCUT2D eigenvalue weighted by Crippen LogP contribution is -2.53. The van der Waals surface area contributed by atoms with Crippen molar-refractivity contribution in [3.05, 3.63) is 0 Å². The number of Topliss-reactive ketones (excluding diaryl/α,β-unsaturated/α-hetero) is 1. The average Bonchev–Trinajstić information content (AvgIpc) is 2.74. The maximum Gasteiger partial charge on any atom is 0.133 e. The molecular formula is C19H30O2. The van der Waals surface area contributed by atoms with Crippen molar-refractivity contribution in [3.63, 3.8) is 0 Å². The van der Waals surface area contributed by atoms with E-state index in [-0.39, 0.29) is 6.10 Å². The number of hydrogen-bond acceptors (Lipinski definition) is 2. The minimum Gasteiger partial charge on any atom is -0.393 e. The molecule has 118 valence electrons. The molecule has 4 saturated carbocycles. The van der Waals surface area contributed by atoms with Gasteiger partial charge in [-0.1, -0.05) is 13.8 Å². The van der Waals surface area contributed by atoms with Crippen LogP contribution in [0.5, 0.6) is 0 Å². The maximum atomic E-state index is 12.1. The fourth-order valence-electron chi connectivity index (χ4n) is 7.01. The minimum absolute atomic E-state index is 0.0541. The smallest absolute Gasteiger partial charge is 0.133 e. The van der Waals surface area contributed by atoms with Crippen LogP contribution in [0.15, 0.2) is 0 Å². The molecule has 0 aromatic carbocycles. The molecule has 0 amide bonds. The Bertz CT molecular complexity index is 458. The van der Waals surface area contributed by atoms with Gasteiger partial charge in [0.05, 0.1) is 6.10 Å². The molecule has 0 aliphatic heterocycles. The predicted octanol–water partition coefficient (Wildman–Crippen LogP) is 3.96. The monoisotopic (exact) mass is 290 g/mol. The first kappa shape index (κ1) is 14.2. The molecule has 4 fully saturated rings. The summed E-state index contributed by atoms with van der Waals surface area (Å²) in [5.74, 6) is 3.51. The van der Waals surface area contributed by atoms with Gasteiger partial charge in [0, 0.05) is 12.8 Å². The van der Waals surface area contributed by atoms with Crippen molar-refractivity contribution in [2.75, 3.05) is 0 Å². The highest BCUT2D eigenvalue weighted by Crippen LogP contribution is 2.65. The van der Waals surface area contributed by atoms with Gasteiger partial charge < -0.3 is 5.11 Å². The highest BCUT2D eigenvalue weighted by molar-refractivity contribution is 5.82. The molecule has 0 radical (unpaired) electrons. The summed E-state index contributed by atoms with van der Waals surface area (Å²) >= 11 is 0. The number of rotatable bonds is 0. The molecule has 2 heteroatoms. The van der Waals surface area contributed by atoms with Crippen LogP contribution in [0.1, 0.15) is 71.6 Å². The summed E-state index contributed by atoms with van der Waals surface area (Å²) in [6, 6.07) is 0. The molecule has 0 bridgehead atoms. The molecule has 4 aliphatic rings. The molecular weight excluding hydrogens is 260 g/mol. The summed E-state index contributed by atoms with van der Waals surface area (Å²) in [5, 5.41) is 10.0. The normalized spacial score (nSPS) is 56.5. The number of hydrogen-bond donors (Lipinski definition) is 1. The summed E-state index contributed by atoms with van der Waals surface area (Å²) in [6.45, 7) is 4.90. The second kappa shape index (κ2) is 4.57. The van der Waals surface area contributed by atoms with Crippen LogP contribution in [0.2, 0.25) is 0 Å². The lowest BCUT2D eigenvalue weighted by Gasteiger charge is -2.60. The Labute approximate surface area is 128 Å². The van der Waals surface area contributed by atoms with Crippen molar-refractivity contribution in [1.29, 1.82) is 0 Å². The molecule has 4 rings (SSSR count). The van der Waals surface area contributed by atoms with Crippen LogP contribution in [-0.2, 0) is 4.79 Å². The number of fused-ring (bicyclic) bond motifs is 5. The highest BCUT2D eigenvalue weighted by atomic mass is 16.3. The first-order valence-corrected chi connectivity index (χ1v) is 9.12. The minimum atomic E-state index is -0.0541. The Kier molecular flexibility index (Phi) is 3.10. The van der Waals surface area contributed by atoms with Gasteiger partial charge in [-0.2, -0.15) is 0 Å². The second-order valence-electron chi connectivity index (χ2n) is 9.20. The molecule has 1 N–H and O–H groups in total. The predicted molar refractivity (Wildman–Crippen MR) is 82.7 cm³/mol. The second-order valence-corrected chi connectivity index (χ2v) is 9.20. The van der Waals surface area contributed by atoms with Crippen LogP contribution in [-0.4, -0.2) is 17.0 Å². The molecule has 7 atom stereocenters. The van der Waals surface area contributed by atoms with E-state index < -0.39 is 0 Å². The number of aliphatic hydroxyl groups is 1. The standard InChI is InChI=1S/C19H30O2/c1-18-7-6-16-15(17(18)10-14(21)11-18)4-3-12-9-13(20)5-8-19(12,16)2/h12-13,15-17,20H,3-11H2,1-2H3/t12-,13?,15-,16+,17+,18-,19+/m0/s1. The third-order valence-corrected chi connectivity index (χ3v) is 8.20. The van der Waals surface area contributed by atoms with Crippen molar-refractivity contribution in [2.45, 2.75) is 77.7 Å². The molecule has 0 aromatic heterocycles. The van der Waals surface area contributed by atoms with E-state index in [1.54, 1.807) is 0 Å². The Morgan fingerprint density at radius 3 is 2.67 bits per heavy atom. The van der Waals surface area contributed by atoms with Gasteiger partial charge in [-0.3, -0.25) is 4.79 Å². The molecule has 1 unspecified atom stereocenters. The zero-order chi connectivity index (χ0) is 14.8. The van der Waals surface area contributed by atoms with Crippen LogP contribution in [0.25, 0.3) is 0 Å². The van der Waals surface area contributed by atoms with Crippen molar-refractivity contribution < 1.29 is 9.90 Å². The first-order valence-electron chi connectivity index (χ1n) is 9.12. The number of carbonyl (C=O) groups is 1. The maximum absolute atomic E-state index is 12.1. The van der Waals surface area contributed by atoms with E-state index >= 15 is 0 Å². The third kappa shape index (κ3) is 1.97. The molecule has 4 aliphatic carbocycles. The average molecular weight is 290 g/mol. The van der Waals surface area contributed by atoms with Gasteiger partial charge in [-0.05, 0) is 79.4 Å². The van der Waals surface area contributed by atoms with Gasteiger partial charge in [0.1, 0.15) is 5.78 Å².